The second-order valence-electron chi connectivity index (χ2n) is 3.65. The first-order valence-electron chi connectivity index (χ1n) is 5.05. The predicted molar refractivity (Wildman–Crippen MR) is 73.3 cm³/mol. The van der Waals surface area contributed by atoms with E-state index in [1.807, 2.05) is 6.92 Å². The van der Waals surface area contributed by atoms with Gasteiger partial charge in [-0.1, -0.05) is 47.5 Å². The number of nitrogens with one attached hydrogen (secondary N) is 1. The summed E-state index contributed by atoms with van der Waals surface area (Å²) in [5, 5.41) is 3.60. The van der Waals surface area contributed by atoms with Gasteiger partial charge in [0.15, 0.2) is 0 Å². The van der Waals surface area contributed by atoms with Gasteiger partial charge in [-0.3, -0.25) is 4.79 Å². The van der Waals surface area contributed by atoms with Gasteiger partial charge < -0.3 is 5.32 Å². The molecule has 0 radical (unpaired) electrons. The van der Waals surface area contributed by atoms with Crippen molar-refractivity contribution in [2.24, 2.45) is 0 Å². The van der Waals surface area contributed by atoms with Gasteiger partial charge in [-0.25, -0.2) is 0 Å². The smallest absolute Gasteiger partial charge is 0.244 e. The molecule has 0 heterocycles. The van der Waals surface area contributed by atoms with E-state index in [0.29, 0.717) is 22.2 Å². The molecule has 1 N–H and O–H groups in total. The molecule has 0 aliphatic heterocycles. The van der Waals surface area contributed by atoms with Crippen molar-refractivity contribution in [3.63, 3.8) is 0 Å². The van der Waals surface area contributed by atoms with Crippen LogP contribution in [0.15, 0.2) is 36.4 Å². The van der Waals surface area contributed by atoms with E-state index in [2.05, 4.69) is 11.9 Å². The summed E-state index contributed by atoms with van der Waals surface area (Å²) in [5.74, 6) is -0.191. The zero-order chi connectivity index (χ0) is 12.8. The van der Waals surface area contributed by atoms with E-state index in [1.54, 1.807) is 24.3 Å². The van der Waals surface area contributed by atoms with Crippen molar-refractivity contribution in [1.29, 1.82) is 0 Å². The summed E-state index contributed by atoms with van der Waals surface area (Å²) in [5.41, 5.74) is 1.61. The van der Waals surface area contributed by atoms with E-state index in [1.165, 1.54) is 6.08 Å². The number of halogens is 2. The van der Waals surface area contributed by atoms with Crippen molar-refractivity contribution < 1.29 is 4.79 Å². The van der Waals surface area contributed by atoms with E-state index < -0.39 is 0 Å². The van der Waals surface area contributed by atoms with Crippen LogP contribution in [-0.2, 0) is 4.79 Å². The number of benzene rings is 1. The number of carbonyl (C=O) groups is 1. The fraction of sp³-hybridized carbons (Fsp3) is 0.154. The molecular formula is C13H13Cl2NO. The van der Waals surface area contributed by atoms with Crippen LogP contribution in [0, 0.1) is 0 Å². The molecule has 2 nitrogen and oxygen atoms in total. The van der Waals surface area contributed by atoms with Crippen molar-refractivity contribution >= 4 is 35.2 Å². The third-order valence-electron chi connectivity index (χ3n) is 1.96. The Kier molecular flexibility index (Phi) is 5.26. The van der Waals surface area contributed by atoms with Crippen LogP contribution >= 0.6 is 23.2 Å². The van der Waals surface area contributed by atoms with Crippen molar-refractivity contribution in [3.05, 3.63) is 52.0 Å². The monoisotopic (exact) mass is 269 g/mol. The molecule has 0 saturated carbocycles. The van der Waals surface area contributed by atoms with Gasteiger partial charge in [0.25, 0.3) is 0 Å². The highest BCUT2D eigenvalue weighted by Gasteiger charge is 2.01. The van der Waals surface area contributed by atoms with Crippen LogP contribution < -0.4 is 5.32 Å². The summed E-state index contributed by atoms with van der Waals surface area (Å²) in [4.78, 5) is 11.4. The minimum Gasteiger partial charge on any atom is -0.349 e. The van der Waals surface area contributed by atoms with E-state index in [9.17, 15) is 4.79 Å². The lowest BCUT2D eigenvalue weighted by Crippen LogP contribution is -2.22. The number of amides is 1. The van der Waals surface area contributed by atoms with Crippen LogP contribution in [0.4, 0.5) is 0 Å². The lowest BCUT2D eigenvalue weighted by atomic mass is 10.2. The summed E-state index contributed by atoms with van der Waals surface area (Å²) >= 11 is 11.8. The first-order chi connectivity index (χ1) is 8.00. The largest absolute Gasteiger partial charge is 0.349 e. The third kappa shape index (κ3) is 4.63. The first-order valence-corrected chi connectivity index (χ1v) is 5.80. The van der Waals surface area contributed by atoms with Crippen molar-refractivity contribution in [2.75, 3.05) is 6.54 Å². The van der Waals surface area contributed by atoms with Crippen LogP contribution in [0.2, 0.25) is 10.0 Å². The highest BCUT2D eigenvalue weighted by Crippen LogP contribution is 2.26. The summed E-state index contributed by atoms with van der Waals surface area (Å²) in [7, 11) is 0. The number of hydrogen-bond donors (Lipinski definition) is 1. The van der Waals surface area contributed by atoms with Crippen LogP contribution in [0.1, 0.15) is 12.5 Å². The Morgan fingerprint density at radius 3 is 2.82 bits per heavy atom. The van der Waals surface area contributed by atoms with Gasteiger partial charge in [0.05, 0.1) is 10.0 Å². The van der Waals surface area contributed by atoms with Gasteiger partial charge >= 0.3 is 0 Å². The molecule has 1 amide bonds. The molecule has 0 aromatic heterocycles. The summed E-state index contributed by atoms with van der Waals surface area (Å²) in [6.45, 7) is 6.00. The fourth-order valence-electron chi connectivity index (χ4n) is 1.11. The highest BCUT2D eigenvalue weighted by molar-refractivity contribution is 6.42. The van der Waals surface area contributed by atoms with E-state index in [-0.39, 0.29) is 5.91 Å². The van der Waals surface area contributed by atoms with Crippen LogP contribution in [0.5, 0.6) is 0 Å². The van der Waals surface area contributed by atoms with Gasteiger partial charge in [-0.05, 0) is 24.6 Å². The Bertz CT molecular complexity index is 466. The van der Waals surface area contributed by atoms with E-state index in [4.69, 9.17) is 23.2 Å². The molecule has 0 atom stereocenters. The average Bonchev–Trinajstić information content (AvgIpc) is 2.28. The molecule has 17 heavy (non-hydrogen) atoms. The summed E-state index contributed by atoms with van der Waals surface area (Å²) in [6, 6.07) is 5.26. The Labute approximate surface area is 111 Å². The van der Waals surface area contributed by atoms with Crippen molar-refractivity contribution in [3.8, 4) is 0 Å². The first kappa shape index (κ1) is 13.8. The van der Waals surface area contributed by atoms with Crippen LogP contribution in [0.25, 0.3) is 6.08 Å². The maximum absolute atomic E-state index is 11.4. The molecule has 1 aromatic rings. The predicted octanol–water partition coefficient (Wildman–Crippen LogP) is 3.70. The summed E-state index contributed by atoms with van der Waals surface area (Å²) < 4.78 is 0. The molecule has 0 saturated heterocycles. The van der Waals surface area contributed by atoms with Crippen LogP contribution in [-0.4, -0.2) is 12.5 Å². The molecule has 1 rings (SSSR count). The Morgan fingerprint density at radius 2 is 2.18 bits per heavy atom. The fourth-order valence-corrected chi connectivity index (χ4v) is 1.48. The van der Waals surface area contributed by atoms with Crippen molar-refractivity contribution in [1.82, 2.24) is 5.32 Å². The van der Waals surface area contributed by atoms with E-state index >= 15 is 0 Å². The van der Waals surface area contributed by atoms with Gasteiger partial charge in [0.1, 0.15) is 0 Å². The lowest BCUT2D eigenvalue weighted by molar-refractivity contribution is -0.116. The number of carbonyl (C=O) groups excluding carboxylic acids is 1. The molecule has 0 unspecified atom stereocenters. The minimum absolute atomic E-state index is 0.191. The zero-order valence-corrected chi connectivity index (χ0v) is 11.0. The van der Waals surface area contributed by atoms with Crippen molar-refractivity contribution in [2.45, 2.75) is 6.92 Å². The van der Waals surface area contributed by atoms with Gasteiger partial charge in [0, 0.05) is 12.6 Å². The SMILES string of the molecule is C=C(C)CNC(=O)/C=C/c1cccc(Cl)c1Cl. The second-order valence-corrected chi connectivity index (χ2v) is 4.44. The average molecular weight is 270 g/mol. The molecule has 90 valence electrons. The molecule has 0 aliphatic carbocycles. The van der Waals surface area contributed by atoms with Gasteiger partial charge in [-0.15, -0.1) is 0 Å². The summed E-state index contributed by atoms with van der Waals surface area (Å²) in [6.07, 6.45) is 3.04. The molecule has 0 aliphatic rings. The van der Waals surface area contributed by atoms with Gasteiger partial charge in [-0.2, -0.15) is 0 Å². The highest BCUT2D eigenvalue weighted by atomic mass is 35.5. The van der Waals surface area contributed by atoms with Crippen LogP contribution in [0.3, 0.4) is 0 Å². The molecule has 0 bridgehead atoms. The maximum atomic E-state index is 11.4. The third-order valence-corrected chi connectivity index (χ3v) is 2.79. The Hall–Kier alpha value is -1.25. The number of hydrogen-bond acceptors (Lipinski definition) is 1. The molecule has 0 fully saturated rings. The maximum Gasteiger partial charge on any atom is 0.244 e. The second kappa shape index (κ2) is 6.48. The quantitative estimate of drug-likeness (QED) is 0.656. The molecule has 1 aromatic carbocycles. The van der Waals surface area contributed by atoms with E-state index in [0.717, 1.165) is 5.57 Å². The normalized spacial score (nSPS) is 10.5. The molecule has 4 heteroatoms. The Morgan fingerprint density at radius 1 is 1.47 bits per heavy atom. The number of rotatable bonds is 4. The molecular weight excluding hydrogens is 257 g/mol. The standard InChI is InChI=1S/C13H13Cl2NO/c1-9(2)8-16-12(17)7-6-10-4-3-5-11(14)13(10)15/h3-7H,1,8H2,2H3,(H,16,17)/b7-6+. The molecule has 0 spiro atoms. The minimum atomic E-state index is -0.191. The zero-order valence-electron chi connectivity index (χ0n) is 9.47. The lowest BCUT2D eigenvalue weighted by Gasteiger charge is -2.01. The Balaban J connectivity index is 2.67. The van der Waals surface area contributed by atoms with Gasteiger partial charge in [0.2, 0.25) is 5.91 Å². The topological polar surface area (TPSA) is 29.1 Å².